The first-order valence-electron chi connectivity index (χ1n) is 8.67. The minimum Gasteiger partial charge on any atom is -0.256 e. The molecule has 0 aliphatic carbocycles. The lowest BCUT2D eigenvalue weighted by molar-refractivity contribution is 0.585. The Bertz CT molecular complexity index is 841. The first kappa shape index (κ1) is 17.7. The van der Waals surface area contributed by atoms with Crippen LogP contribution in [0.2, 0.25) is 0 Å². The van der Waals surface area contributed by atoms with Gasteiger partial charge in [0.2, 0.25) is 0 Å². The maximum absolute atomic E-state index is 14.1. The third kappa shape index (κ3) is 4.31. The average Bonchev–Trinajstić information content (AvgIpc) is 3.07. The highest BCUT2D eigenvalue weighted by atomic mass is 32.1. The van der Waals surface area contributed by atoms with Crippen molar-refractivity contribution in [2.45, 2.75) is 39.0 Å². The third-order valence-electron chi connectivity index (χ3n) is 4.28. The SMILES string of the molecule is CCCCCCc1ccsc1-c1ccnc(-c2ccc(F)cc2F)c1. The molecule has 130 valence electrons. The smallest absolute Gasteiger partial charge is 0.135 e. The summed E-state index contributed by atoms with van der Waals surface area (Å²) in [5, 5.41) is 2.10. The van der Waals surface area contributed by atoms with Crippen LogP contribution < -0.4 is 0 Å². The summed E-state index contributed by atoms with van der Waals surface area (Å²) in [6.45, 7) is 2.21. The highest BCUT2D eigenvalue weighted by molar-refractivity contribution is 7.13. The zero-order valence-electron chi connectivity index (χ0n) is 14.3. The molecule has 3 aromatic rings. The standard InChI is InChI=1S/C21H21F2NS/c1-2-3-4-5-6-15-10-12-25-21(15)16-9-11-24-20(13-16)18-8-7-17(22)14-19(18)23/h7-14H,2-6H2,1H3. The fraction of sp³-hybridized carbons (Fsp3) is 0.286. The van der Waals surface area contributed by atoms with Crippen molar-refractivity contribution in [2.75, 3.05) is 0 Å². The number of hydrogen-bond acceptors (Lipinski definition) is 2. The van der Waals surface area contributed by atoms with Gasteiger partial charge in [-0.25, -0.2) is 8.78 Å². The van der Waals surface area contributed by atoms with Crippen molar-refractivity contribution >= 4 is 11.3 Å². The van der Waals surface area contributed by atoms with Gasteiger partial charge in [0, 0.05) is 22.7 Å². The quantitative estimate of drug-likeness (QED) is 0.420. The molecule has 25 heavy (non-hydrogen) atoms. The molecule has 0 aliphatic rings. The largest absolute Gasteiger partial charge is 0.256 e. The molecule has 0 unspecified atom stereocenters. The molecular formula is C21H21F2NS. The molecule has 0 bridgehead atoms. The Balaban J connectivity index is 1.86. The summed E-state index contributed by atoms with van der Waals surface area (Å²) in [7, 11) is 0. The molecule has 3 rings (SSSR count). The van der Waals surface area contributed by atoms with Crippen LogP contribution in [0.15, 0.2) is 48.0 Å². The van der Waals surface area contributed by atoms with E-state index < -0.39 is 11.6 Å². The minimum atomic E-state index is -0.587. The number of halogens is 2. The zero-order chi connectivity index (χ0) is 17.6. The Morgan fingerprint density at radius 3 is 2.68 bits per heavy atom. The van der Waals surface area contributed by atoms with E-state index in [1.54, 1.807) is 17.5 Å². The number of thiophene rings is 1. The van der Waals surface area contributed by atoms with E-state index in [2.05, 4.69) is 23.4 Å². The van der Waals surface area contributed by atoms with Gasteiger partial charge in [0.05, 0.1) is 5.69 Å². The molecule has 2 aromatic heterocycles. The van der Waals surface area contributed by atoms with Crippen LogP contribution in [0.3, 0.4) is 0 Å². The Morgan fingerprint density at radius 1 is 1.00 bits per heavy atom. The summed E-state index contributed by atoms with van der Waals surface area (Å²) >= 11 is 1.70. The molecular weight excluding hydrogens is 336 g/mol. The predicted molar refractivity (Wildman–Crippen MR) is 101 cm³/mol. The number of benzene rings is 1. The van der Waals surface area contributed by atoms with Crippen LogP contribution >= 0.6 is 11.3 Å². The second-order valence-corrected chi connectivity index (χ2v) is 7.06. The Kier molecular flexibility index (Phi) is 5.92. The van der Waals surface area contributed by atoms with Gasteiger partial charge in [0.15, 0.2) is 0 Å². The summed E-state index contributed by atoms with van der Waals surface area (Å²) < 4.78 is 27.2. The molecule has 0 saturated carbocycles. The number of nitrogens with zero attached hydrogens (tertiary/aromatic N) is 1. The van der Waals surface area contributed by atoms with E-state index in [1.165, 1.54) is 48.3 Å². The van der Waals surface area contributed by atoms with Gasteiger partial charge in [0.25, 0.3) is 0 Å². The Labute approximate surface area is 151 Å². The highest BCUT2D eigenvalue weighted by Gasteiger charge is 2.11. The molecule has 0 amide bonds. The van der Waals surface area contributed by atoms with Gasteiger partial charge in [-0.3, -0.25) is 4.98 Å². The number of rotatable bonds is 7. The van der Waals surface area contributed by atoms with Crippen LogP contribution in [0, 0.1) is 11.6 Å². The maximum atomic E-state index is 14.1. The predicted octanol–water partition coefficient (Wildman–Crippen LogP) is 6.88. The third-order valence-corrected chi connectivity index (χ3v) is 5.28. The van der Waals surface area contributed by atoms with Crippen LogP contribution in [0.25, 0.3) is 21.7 Å². The molecule has 4 heteroatoms. The summed E-state index contributed by atoms with van der Waals surface area (Å²) in [5.74, 6) is -1.17. The molecule has 0 fully saturated rings. The van der Waals surface area contributed by atoms with Crippen molar-refractivity contribution in [1.82, 2.24) is 4.98 Å². The van der Waals surface area contributed by atoms with E-state index in [-0.39, 0.29) is 0 Å². The highest BCUT2D eigenvalue weighted by Crippen LogP contribution is 2.33. The molecule has 2 heterocycles. The van der Waals surface area contributed by atoms with Crippen molar-refractivity contribution in [2.24, 2.45) is 0 Å². The molecule has 0 spiro atoms. The van der Waals surface area contributed by atoms with Gasteiger partial charge >= 0.3 is 0 Å². The molecule has 0 saturated heterocycles. The summed E-state index contributed by atoms with van der Waals surface area (Å²) in [6, 6.07) is 9.61. The molecule has 1 aromatic carbocycles. The lowest BCUT2D eigenvalue weighted by atomic mass is 10.0. The number of aryl methyl sites for hydroxylation is 1. The molecule has 0 atom stereocenters. The first-order chi connectivity index (χ1) is 12.2. The second-order valence-electron chi connectivity index (χ2n) is 6.14. The maximum Gasteiger partial charge on any atom is 0.135 e. The van der Waals surface area contributed by atoms with Crippen molar-refractivity contribution in [3.63, 3.8) is 0 Å². The average molecular weight is 357 g/mol. The normalized spacial score (nSPS) is 11.0. The summed E-state index contributed by atoms with van der Waals surface area (Å²) in [4.78, 5) is 5.48. The topological polar surface area (TPSA) is 12.9 Å². The van der Waals surface area contributed by atoms with E-state index in [9.17, 15) is 8.78 Å². The Hall–Kier alpha value is -2.07. The Morgan fingerprint density at radius 2 is 1.88 bits per heavy atom. The van der Waals surface area contributed by atoms with Gasteiger partial charge in [-0.1, -0.05) is 26.2 Å². The van der Waals surface area contributed by atoms with Gasteiger partial charge in [-0.05, 0) is 59.7 Å². The van der Waals surface area contributed by atoms with Crippen molar-refractivity contribution in [3.8, 4) is 21.7 Å². The number of pyridine rings is 1. The van der Waals surface area contributed by atoms with Gasteiger partial charge in [0.1, 0.15) is 11.6 Å². The van der Waals surface area contributed by atoms with Crippen LogP contribution in [-0.4, -0.2) is 4.98 Å². The molecule has 0 N–H and O–H groups in total. The van der Waals surface area contributed by atoms with E-state index in [0.717, 1.165) is 18.1 Å². The number of aromatic nitrogens is 1. The van der Waals surface area contributed by atoms with Gasteiger partial charge in [-0.15, -0.1) is 11.3 Å². The first-order valence-corrected chi connectivity index (χ1v) is 9.55. The van der Waals surface area contributed by atoms with E-state index >= 15 is 0 Å². The second kappa shape index (κ2) is 8.34. The fourth-order valence-corrected chi connectivity index (χ4v) is 3.90. The van der Waals surface area contributed by atoms with Crippen molar-refractivity contribution in [3.05, 3.63) is 65.2 Å². The summed E-state index contributed by atoms with van der Waals surface area (Å²) in [5.41, 5.74) is 3.22. The molecule has 0 radical (unpaired) electrons. The van der Waals surface area contributed by atoms with E-state index in [0.29, 0.717) is 11.3 Å². The zero-order valence-corrected chi connectivity index (χ0v) is 15.1. The van der Waals surface area contributed by atoms with Gasteiger partial charge in [-0.2, -0.15) is 0 Å². The van der Waals surface area contributed by atoms with Crippen LogP contribution in [-0.2, 0) is 6.42 Å². The van der Waals surface area contributed by atoms with Crippen molar-refractivity contribution < 1.29 is 8.78 Å². The minimum absolute atomic E-state index is 0.323. The lowest BCUT2D eigenvalue weighted by Gasteiger charge is -2.07. The fourth-order valence-electron chi connectivity index (χ4n) is 2.94. The van der Waals surface area contributed by atoms with Gasteiger partial charge < -0.3 is 0 Å². The lowest BCUT2D eigenvalue weighted by Crippen LogP contribution is -1.91. The van der Waals surface area contributed by atoms with Crippen LogP contribution in [0.5, 0.6) is 0 Å². The summed E-state index contributed by atoms with van der Waals surface area (Å²) in [6.07, 6.45) is 7.67. The van der Waals surface area contributed by atoms with Crippen LogP contribution in [0.1, 0.15) is 38.2 Å². The van der Waals surface area contributed by atoms with Crippen molar-refractivity contribution in [1.29, 1.82) is 0 Å². The molecule has 0 aliphatic heterocycles. The van der Waals surface area contributed by atoms with Crippen LogP contribution in [0.4, 0.5) is 8.78 Å². The monoisotopic (exact) mass is 357 g/mol. The number of hydrogen-bond donors (Lipinski definition) is 0. The number of unbranched alkanes of at least 4 members (excludes halogenated alkanes) is 3. The van der Waals surface area contributed by atoms with E-state index in [4.69, 9.17) is 0 Å². The molecule has 1 nitrogen and oxygen atoms in total. The van der Waals surface area contributed by atoms with E-state index in [1.807, 2.05) is 12.1 Å².